The van der Waals surface area contributed by atoms with Gasteiger partial charge in [0.05, 0.1) is 0 Å². The van der Waals surface area contributed by atoms with E-state index < -0.39 is 0 Å². The van der Waals surface area contributed by atoms with E-state index in [0.29, 0.717) is 5.54 Å². The van der Waals surface area contributed by atoms with Gasteiger partial charge in [0.1, 0.15) is 0 Å². The average Bonchev–Trinajstić information content (AvgIpc) is 2.76. The van der Waals surface area contributed by atoms with Crippen molar-refractivity contribution in [2.45, 2.75) is 83.2 Å². The Morgan fingerprint density at radius 1 is 1.13 bits per heavy atom. The molecule has 1 unspecified atom stereocenters. The molecule has 1 atom stereocenters. The molecular weight excluding hydrogens is 182 g/mol. The summed E-state index contributed by atoms with van der Waals surface area (Å²) in [6, 6.07) is 0.733. The summed E-state index contributed by atoms with van der Waals surface area (Å²) < 4.78 is 0. The highest BCUT2D eigenvalue weighted by Crippen LogP contribution is 2.32. The van der Waals surface area contributed by atoms with E-state index in [1.165, 1.54) is 57.8 Å². The van der Waals surface area contributed by atoms with Gasteiger partial charge in [-0.2, -0.15) is 0 Å². The van der Waals surface area contributed by atoms with Crippen LogP contribution in [0.2, 0.25) is 0 Å². The third-order valence-corrected chi connectivity index (χ3v) is 4.46. The second-order valence-electron chi connectivity index (χ2n) is 6.20. The summed E-state index contributed by atoms with van der Waals surface area (Å²) in [6.07, 6.45) is 13.0. The summed E-state index contributed by atoms with van der Waals surface area (Å²) in [5.41, 5.74) is 0.470. The second kappa shape index (κ2) is 4.86. The molecule has 0 bridgehead atoms. The molecule has 1 heteroatoms. The molecule has 0 heterocycles. The molecule has 2 rings (SSSR count). The van der Waals surface area contributed by atoms with Crippen LogP contribution in [0, 0.1) is 5.92 Å². The Kier molecular flexibility index (Phi) is 3.71. The summed E-state index contributed by atoms with van der Waals surface area (Å²) in [4.78, 5) is 0. The maximum absolute atomic E-state index is 3.88. The second-order valence-corrected chi connectivity index (χ2v) is 6.20. The van der Waals surface area contributed by atoms with Crippen LogP contribution in [0.4, 0.5) is 0 Å². The van der Waals surface area contributed by atoms with Crippen LogP contribution in [-0.4, -0.2) is 11.6 Å². The highest BCUT2D eigenvalue weighted by Gasteiger charge is 2.30. The smallest absolute Gasteiger partial charge is 0.0155 e. The first-order chi connectivity index (χ1) is 7.18. The molecule has 0 spiro atoms. The number of hydrogen-bond acceptors (Lipinski definition) is 1. The zero-order chi connectivity index (χ0) is 10.7. The van der Waals surface area contributed by atoms with Crippen molar-refractivity contribution in [1.29, 1.82) is 0 Å². The molecule has 0 amide bonds. The minimum Gasteiger partial charge on any atom is -0.309 e. The summed E-state index contributed by atoms with van der Waals surface area (Å²) in [7, 11) is 0. The van der Waals surface area contributed by atoms with Crippen molar-refractivity contribution >= 4 is 0 Å². The van der Waals surface area contributed by atoms with E-state index in [1.54, 1.807) is 0 Å². The topological polar surface area (TPSA) is 12.0 Å². The standard InChI is InChI=1S/C14H27N/c1-12(11-13-7-3-4-8-13)15-14(2)9-5-6-10-14/h12-13,15H,3-11H2,1-2H3. The van der Waals surface area contributed by atoms with Gasteiger partial charge < -0.3 is 5.32 Å². The van der Waals surface area contributed by atoms with Gasteiger partial charge in [0, 0.05) is 11.6 Å². The highest BCUT2D eigenvalue weighted by molar-refractivity contribution is 4.90. The van der Waals surface area contributed by atoms with Crippen LogP contribution in [0.25, 0.3) is 0 Å². The number of hydrogen-bond donors (Lipinski definition) is 1. The average molecular weight is 209 g/mol. The van der Waals surface area contributed by atoms with Crippen molar-refractivity contribution in [2.24, 2.45) is 5.92 Å². The molecule has 0 aromatic carbocycles. The van der Waals surface area contributed by atoms with Crippen molar-refractivity contribution in [3.8, 4) is 0 Å². The number of rotatable bonds is 4. The van der Waals surface area contributed by atoms with Gasteiger partial charge in [-0.3, -0.25) is 0 Å². The number of nitrogens with one attached hydrogen (secondary N) is 1. The first-order valence-corrected chi connectivity index (χ1v) is 6.96. The Bertz CT molecular complexity index is 188. The lowest BCUT2D eigenvalue weighted by Crippen LogP contribution is -2.45. The molecule has 0 aromatic rings. The Morgan fingerprint density at radius 2 is 1.73 bits per heavy atom. The van der Waals surface area contributed by atoms with Gasteiger partial charge >= 0.3 is 0 Å². The van der Waals surface area contributed by atoms with Gasteiger partial charge in [-0.15, -0.1) is 0 Å². The Morgan fingerprint density at radius 3 is 2.33 bits per heavy atom. The highest BCUT2D eigenvalue weighted by atomic mass is 15.0. The summed E-state index contributed by atoms with van der Waals surface area (Å²) in [5.74, 6) is 1.03. The molecule has 2 saturated carbocycles. The first-order valence-electron chi connectivity index (χ1n) is 6.96. The van der Waals surface area contributed by atoms with Crippen molar-refractivity contribution < 1.29 is 0 Å². The predicted octanol–water partition coefficient (Wildman–Crippen LogP) is 3.88. The lowest BCUT2D eigenvalue weighted by atomic mass is 9.94. The van der Waals surface area contributed by atoms with E-state index in [-0.39, 0.29) is 0 Å². The van der Waals surface area contributed by atoms with E-state index in [4.69, 9.17) is 0 Å². The Balaban J connectivity index is 1.73. The SMILES string of the molecule is CC(CC1CCCC1)NC1(C)CCCC1. The molecular formula is C14H27N. The molecule has 1 N–H and O–H groups in total. The lowest BCUT2D eigenvalue weighted by Gasteiger charge is -2.31. The zero-order valence-corrected chi connectivity index (χ0v) is 10.5. The minimum atomic E-state index is 0.470. The van der Waals surface area contributed by atoms with E-state index in [0.717, 1.165) is 12.0 Å². The van der Waals surface area contributed by atoms with Gasteiger partial charge in [0.25, 0.3) is 0 Å². The molecule has 88 valence electrons. The molecule has 0 aliphatic heterocycles. The fourth-order valence-corrected chi connectivity index (χ4v) is 3.70. The molecule has 2 aliphatic rings. The summed E-state index contributed by atoms with van der Waals surface area (Å²) in [5, 5.41) is 3.88. The third kappa shape index (κ3) is 3.21. The van der Waals surface area contributed by atoms with Crippen LogP contribution in [0.1, 0.15) is 71.6 Å². The predicted molar refractivity (Wildman–Crippen MR) is 66.0 cm³/mol. The molecule has 0 radical (unpaired) electrons. The molecule has 1 nitrogen and oxygen atoms in total. The Labute approximate surface area is 95.0 Å². The van der Waals surface area contributed by atoms with Crippen LogP contribution in [0.3, 0.4) is 0 Å². The monoisotopic (exact) mass is 209 g/mol. The van der Waals surface area contributed by atoms with Crippen molar-refractivity contribution in [1.82, 2.24) is 5.32 Å². The van der Waals surface area contributed by atoms with Gasteiger partial charge in [-0.05, 0) is 39.0 Å². The van der Waals surface area contributed by atoms with Crippen LogP contribution in [0.15, 0.2) is 0 Å². The quantitative estimate of drug-likeness (QED) is 0.741. The fraction of sp³-hybridized carbons (Fsp3) is 1.00. The lowest BCUT2D eigenvalue weighted by molar-refractivity contribution is 0.291. The van der Waals surface area contributed by atoms with Gasteiger partial charge in [0.15, 0.2) is 0 Å². The molecule has 2 fully saturated rings. The summed E-state index contributed by atoms with van der Waals surface area (Å²) >= 11 is 0. The summed E-state index contributed by atoms with van der Waals surface area (Å²) in [6.45, 7) is 4.81. The molecule has 15 heavy (non-hydrogen) atoms. The van der Waals surface area contributed by atoms with Crippen LogP contribution >= 0.6 is 0 Å². The van der Waals surface area contributed by atoms with E-state index in [2.05, 4.69) is 19.2 Å². The van der Waals surface area contributed by atoms with E-state index >= 15 is 0 Å². The minimum absolute atomic E-state index is 0.470. The van der Waals surface area contributed by atoms with Crippen LogP contribution in [-0.2, 0) is 0 Å². The maximum atomic E-state index is 3.88. The van der Waals surface area contributed by atoms with Crippen molar-refractivity contribution in [3.63, 3.8) is 0 Å². The third-order valence-electron chi connectivity index (χ3n) is 4.46. The van der Waals surface area contributed by atoms with E-state index in [9.17, 15) is 0 Å². The maximum Gasteiger partial charge on any atom is 0.0155 e. The van der Waals surface area contributed by atoms with Gasteiger partial charge in [-0.25, -0.2) is 0 Å². The normalized spacial score (nSPS) is 28.4. The molecule has 0 aromatic heterocycles. The fourth-order valence-electron chi connectivity index (χ4n) is 3.70. The van der Waals surface area contributed by atoms with Crippen LogP contribution in [0.5, 0.6) is 0 Å². The zero-order valence-electron chi connectivity index (χ0n) is 10.5. The molecule has 2 aliphatic carbocycles. The first kappa shape index (κ1) is 11.4. The van der Waals surface area contributed by atoms with E-state index in [1.807, 2.05) is 0 Å². The van der Waals surface area contributed by atoms with Crippen molar-refractivity contribution in [2.75, 3.05) is 0 Å². The van der Waals surface area contributed by atoms with Crippen molar-refractivity contribution in [3.05, 3.63) is 0 Å². The Hall–Kier alpha value is -0.0400. The largest absolute Gasteiger partial charge is 0.309 e. The van der Waals surface area contributed by atoms with Gasteiger partial charge in [-0.1, -0.05) is 38.5 Å². The molecule has 0 saturated heterocycles. The van der Waals surface area contributed by atoms with Crippen LogP contribution < -0.4 is 5.32 Å². The van der Waals surface area contributed by atoms with Gasteiger partial charge in [0.2, 0.25) is 0 Å².